The van der Waals surface area contributed by atoms with Crippen molar-refractivity contribution in [1.82, 2.24) is 9.55 Å². The van der Waals surface area contributed by atoms with Gasteiger partial charge in [-0.1, -0.05) is 6.92 Å². The molecule has 2 aromatic rings. The monoisotopic (exact) mass is 322 g/mol. The van der Waals surface area contributed by atoms with Gasteiger partial charge in [0.25, 0.3) is 0 Å². The standard InChI is InChI=1S/C16H19ClN2O3/c1-3-12(17)15-18-13-5-4-10(16(20)21-2)8-14(13)19(15)9-11-6-7-22-11/h4-5,8,11-12H,3,6-7,9H2,1-2H3/t11?,12-/m0/s1. The first-order valence-electron chi connectivity index (χ1n) is 7.48. The molecule has 1 fully saturated rings. The number of esters is 1. The molecule has 2 atom stereocenters. The minimum absolute atomic E-state index is 0.158. The molecule has 0 amide bonds. The van der Waals surface area contributed by atoms with Gasteiger partial charge in [-0.2, -0.15) is 0 Å². The van der Waals surface area contributed by atoms with Gasteiger partial charge in [0.1, 0.15) is 5.82 Å². The van der Waals surface area contributed by atoms with E-state index >= 15 is 0 Å². The Labute approximate surface area is 134 Å². The number of carbonyl (C=O) groups excluding carboxylic acids is 1. The Morgan fingerprint density at radius 3 is 2.95 bits per heavy atom. The van der Waals surface area contributed by atoms with Crippen LogP contribution in [0.5, 0.6) is 0 Å². The summed E-state index contributed by atoms with van der Waals surface area (Å²) in [5, 5.41) is -0.158. The van der Waals surface area contributed by atoms with Gasteiger partial charge in [-0.05, 0) is 31.0 Å². The van der Waals surface area contributed by atoms with Gasteiger partial charge < -0.3 is 14.0 Å². The maximum Gasteiger partial charge on any atom is 0.337 e. The molecule has 0 aliphatic carbocycles. The van der Waals surface area contributed by atoms with Crippen LogP contribution < -0.4 is 0 Å². The van der Waals surface area contributed by atoms with Gasteiger partial charge >= 0.3 is 5.97 Å². The second-order valence-electron chi connectivity index (χ2n) is 5.43. The summed E-state index contributed by atoms with van der Waals surface area (Å²) in [5.74, 6) is 0.477. The first-order valence-corrected chi connectivity index (χ1v) is 7.91. The highest BCUT2D eigenvalue weighted by atomic mass is 35.5. The van der Waals surface area contributed by atoms with Crippen LogP contribution in [0.15, 0.2) is 18.2 Å². The summed E-state index contributed by atoms with van der Waals surface area (Å²) in [6.45, 7) is 3.54. The molecule has 0 N–H and O–H groups in total. The first kappa shape index (κ1) is 15.3. The second-order valence-corrected chi connectivity index (χ2v) is 5.96. The summed E-state index contributed by atoms with van der Waals surface area (Å²) < 4.78 is 12.4. The van der Waals surface area contributed by atoms with Gasteiger partial charge in [-0.3, -0.25) is 0 Å². The molecule has 1 aliphatic heterocycles. The molecule has 1 aromatic heterocycles. The van der Waals surface area contributed by atoms with Gasteiger partial charge in [-0.25, -0.2) is 9.78 Å². The smallest absolute Gasteiger partial charge is 0.337 e. The second kappa shape index (κ2) is 6.26. The van der Waals surface area contributed by atoms with E-state index in [0.29, 0.717) is 12.1 Å². The van der Waals surface area contributed by atoms with Crippen molar-refractivity contribution in [3.63, 3.8) is 0 Å². The molecule has 2 heterocycles. The molecule has 3 rings (SSSR count). The minimum Gasteiger partial charge on any atom is -0.465 e. The Bertz CT molecular complexity index is 694. The zero-order chi connectivity index (χ0) is 15.7. The predicted molar refractivity (Wildman–Crippen MR) is 84.3 cm³/mol. The van der Waals surface area contributed by atoms with E-state index in [9.17, 15) is 4.79 Å². The topological polar surface area (TPSA) is 53.3 Å². The third-order valence-corrected chi connectivity index (χ3v) is 4.52. The number of fused-ring (bicyclic) bond motifs is 1. The Morgan fingerprint density at radius 1 is 1.59 bits per heavy atom. The highest BCUT2D eigenvalue weighted by Gasteiger charge is 2.24. The van der Waals surface area contributed by atoms with Gasteiger partial charge in [0, 0.05) is 6.61 Å². The lowest BCUT2D eigenvalue weighted by Crippen LogP contribution is -2.31. The number of imidazole rings is 1. The van der Waals surface area contributed by atoms with Gasteiger partial charge in [-0.15, -0.1) is 11.6 Å². The average Bonchev–Trinajstić information content (AvgIpc) is 2.86. The first-order chi connectivity index (χ1) is 10.6. The van der Waals surface area contributed by atoms with Crippen LogP contribution in [0.25, 0.3) is 11.0 Å². The Hall–Kier alpha value is -1.59. The largest absolute Gasteiger partial charge is 0.465 e. The molecule has 1 saturated heterocycles. The molecule has 0 saturated carbocycles. The number of aromatic nitrogens is 2. The maximum absolute atomic E-state index is 11.8. The highest BCUT2D eigenvalue weighted by molar-refractivity contribution is 6.20. The SMILES string of the molecule is CC[C@H](Cl)c1nc2ccc(C(=O)OC)cc2n1CC1CCO1. The molecule has 6 heteroatoms. The van der Waals surface area contributed by atoms with E-state index in [4.69, 9.17) is 21.1 Å². The van der Waals surface area contributed by atoms with E-state index in [0.717, 1.165) is 36.3 Å². The van der Waals surface area contributed by atoms with Crippen molar-refractivity contribution >= 4 is 28.6 Å². The normalized spacial score (nSPS) is 19.0. The Kier molecular flexibility index (Phi) is 4.36. The van der Waals surface area contributed by atoms with E-state index in [2.05, 4.69) is 9.55 Å². The fourth-order valence-electron chi connectivity index (χ4n) is 2.63. The maximum atomic E-state index is 11.8. The molecular formula is C16H19ClN2O3. The van der Waals surface area contributed by atoms with Crippen LogP contribution in [0.1, 0.15) is 41.3 Å². The van der Waals surface area contributed by atoms with Crippen LogP contribution in [0, 0.1) is 0 Å². The van der Waals surface area contributed by atoms with E-state index in [1.54, 1.807) is 6.07 Å². The van der Waals surface area contributed by atoms with Crippen molar-refractivity contribution in [2.75, 3.05) is 13.7 Å². The van der Waals surface area contributed by atoms with Gasteiger partial charge in [0.05, 0.1) is 41.7 Å². The lowest BCUT2D eigenvalue weighted by atomic mass is 10.1. The van der Waals surface area contributed by atoms with Crippen LogP contribution >= 0.6 is 11.6 Å². The summed E-state index contributed by atoms with van der Waals surface area (Å²) in [6, 6.07) is 5.38. The van der Waals surface area contributed by atoms with Gasteiger partial charge in [0.2, 0.25) is 0 Å². The van der Waals surface area contributed by atoms with E-state index in [1.807, 2.05) is 19.1 Å². The third kappa shape index (κ3) is 2.71. The fourth-order valence-corrected chi connectivity index (χ4v) is 2.80. The number of hydrogen-bond donors (Lipinski definition) is 0. The van der Waals surface area contributed by atoms with Crippen molar-refractivity contribution < 1.29 is 14.3 Å². The minimum atomic E-state index is -0.353. The average molecular weight is 323 g/mol. The molecule has 5 nitrogen and oxygen atoms in total. The number of carbonyl (C=O) groups is 1. The molecular weight excluding hydrogens is 304 g/mol. The number of methoxy groups -OCH3 is 1. The van der Waals surface area contributed by atoms with Crippen molar-refractivity contribution in [2.45, 2.75) is 37.8 Å². The number of benzene rings is 1. The number of halogens is 1. The molecule has 1 aliphatic rings. The van der Waals surface area contributed by atoms with E-state index in [-0.39, 0.29) is 17.5 Å². The molecule has 22 heavy (non-hydrogen) atoms. The summed E-state index contributed by atoms with van der Waals surface area (Å²) in [6.07, 6.45) is 2.02. The number of nitrogens with zero attached hydrogens (tertiary/aromatic N) is 2. The van der Waals surface area contributed by atoms with Crippen molar-refractivity contribution in [2.24, 2.45) is 0 Å². The zero-order valence-corrected chi connectivity index (χ0v) is 13.5. The predicted octanol–water partition coefficient (Wildman–Crippen LogP) is 3.30. The van der Waals surface area contributed by atoms with Crippen LogP contribution in [-0.4, -0.2) is 35.3 Å². The van der Waals surface area contributed by atoms with Crippen LogP contribution in [0.3, 0.4) is 0 Å². The molecule has 0 radical (unpaired) electrons. The van der Waals surface area contributed by atoms with Crippen LogP contribution in [-0.2, 0) is 16.0 Å². The summed E-state index contributed by atoms with van der Waals surface area (Å²) >= 11 is 6.43. The zero-order valence-electron chi connectivity index (χ0n) is 12.7. The lowest BCUT2D eigenvalue weighted by molar-refractivity contribution is -0.0590. The third-order valence-electron chi connectivity index (χ3n) is 4.02. The Morgan fingerprint density at radius 2 is 2.36 bits per heavy atom. The molecule has 1 aromatic carbocycles. The number of rotatable bonds is 5. The lowest BCUT2D eigenvalue weighted by Gasteiger charge is -2.28. The van der Waals surface area contributed by atoms with Crippen LogP contribution in [0.2, 0.25) is 0 Å². The van der Waals surface area contributed by atoms with E-state index in [1.165, 1.54) is 7.11 Å². The summed E-state index contributed by atoms with van der Waals surface area (Å²) in [7, 11) is 1.38. The van der Waals surface area contributed by atoms with Gasteiger partial charge in [0.15, 0.2) is 0 Å². The van der Waals surface area contributed by atoms with Crippen molar-refractivity contribution in [3.8, 4) is 0 Å². The van der Waals surface area contributed by atoms with Crippen LogP contribution in [0.4, 0.5) is 0 Å². The molecule has 0 bridgehead atoms. The number of hydrogen-bond acceptors (Lipinski definition) is 4. The quantitative estimate of drug-likeness (QED) is 0.626. The van der Waals surface area contributed by atoms with Crippen molar-refractivity contribution in [1.29, 1.82) is 0 Å². The number of ether oxygens (including phenoxy) is 2. The Balaban J connectivity index is 2.08. The molecule has 0 spiro atoms. The van der Waals surface area contributed by atoms with E-state index < -0.39 is 0 Å². The highest BCUT2D eigenvalue weighted by Crippen LogP contribution is 2.29. The molecule has 118 valence electrons. The van der Waals surface area contributed by atoms with Crippen molar-refractivity contribution in [3.05, 3.63) is 29.6 Å². The summed E-state index contributed by atoms with van der Waals surface area (Å²) in [5.41, 5.74) is 2.24. The number of alkyl halides is 1. The fraction of sp³-hybridized carbons (Fsp3) is 0.500. The molecule has 1 unspecified atom stereocenters. The summed E-state index contributed by atoms with van der Waals surface area (Å²) in [4.78, 5) is 16.4.